The van der Waals surface area contributed by atoms with E-state index >= 15 is 0 Å². The lowest BCUT2D eigenvalue weighted by Gasteiger charge is -2.19. The Morgan fingerprint density at radius 3 is 2.28 bits per heavy atom. The molecule has 0 fully saturated rings. The van der Waals surface area contributed by atoms with E-state index in [1.54, 1.807) is 0 Å². The second-order valence-electron chi connectivity index (χ2n) is 7.01. The summed E-state index contributed by atoms with van der Waals surface area (Å²) in [4.78, 5) is 25.3. The highest BCUT2D eigenvalue weighted by Crippen LogP contribution is 2.30. The maximum Gasteiger partial charge on any atom is 0.229 e. The van der Waals surface area contributed by atoms with Crippen molar-refractivity contribution in [1.82, 2.24) is 0 Å². The third kappa shape index (κ3) is 6.39. The van der Waals surface area contributed by atoms with Crippen LogP contribution in [0.25, 0.3) is 0 Å². The molecular formula is C21H25NO2S. The van der Waals surface area contributed by atoms with E-state index in [4.69, 9.17) is 0 Å². The first-order chi connectivity index (χ1) is 11.9. The smallest absolute Gasteiger partial charge is 0.229 e. The lowest BCUT2D eigenvalue weighted by molar-refractivity contribution is -0.123. The van der Waals surface area contributed by atoms with Gasteiger partial charge in [-0.15, -0.1) is 0 Å². The Bertz CT molecular complexity index is 720. The minimum atomic E-state index is -0.475. The number of aryl methyl sites for hydroxylation is 1. The van der Waals surface area contributed by atoms with Crippen LogP contribution in [0.15, 0.2) is 59.5 Å². The fourth-order valence-corrected chi connectivity index (χ4v) is 3.09. The van der Waals surface area contributed by atoms with Crippen molar-refractivity contribution in [3.8, 4) is 0 Å². The van der Waals surface area contributed by atoms with Gasteiger partial charge in [0.1, 0.15) is 0 Å². The second kappa shape index (κ2) is 8.86. The summed E-state index contributed by atoms with van der Waals surface area (Å²) < 4.78 is 0. The lowest BCUT2D eigenvalue weighted by Crippen LogP contribution is -2.27. The van der Waals surface area contributed by atoms with Gasteiger partial charge in [-0.3, -0.25) is 9.59 Å². The number of nitrogens with one attached hydrogen (secondary N) is 1. The van der Waals surface area contributed by atoms with Gasteiger partial charge in [-0.1, -0.05) is 63.2 Å². The van der Waals surface area contributed by atoms with Gasteiger partial charge in [0.25, 0.3) is 0 Å². The maximum absolute atomic E-state index is 12.3. The summed E-state index contributed by atoms with van der Waals surface area (Å²) in [6.07, 6.45) is 2.24. The van der Waals surface area contributed by atoms with Gasteiger partial charge in [-0.25, -0.2) is 0 Å². The van der Waals surface area contributed by atoms with Crippen molar-refractivity contribution in [1.29, 1.82) is 0 Å². The summed E-state index contributed by atoms with van der Waals surface area (Å²) >= 11 is 1.20. The second-order valence-corrected chi connectivity index (χ2v) is 8.11. The summed E-state index contributed by atoms with van der Waals surface area (Å²) in [5, 5.41) is 3.04. The number of carbonyl (C=O) groups excluding carboxylic acids is 2. The van der Waals surface area contributed by atoms with Crippen LogP contribution in [0.4, 0.5) is 5.69 Å². The van der Waals surface area contributed by atoms with Crippen molar-refractivity contribution in [3.05, 3.63) is 60.2 Å². The van der Waals surface area contributed by atoms with Crippen molar-refractivity contribution < 1.29 is 9.59 Å². The van der Waals surface area contributed by atoms with Crippen molar-refractivity contribution in [2.45, 2.75) is 44.9 Å². The van der Waals surface area contributed by atoms with Crippen molar-refractivity contribution >= 4 is 28.5 Å². The van der Waals surface area contributed by atoms with Crippen LogP contribution in [0.3, 0.4) is 0 Å². The van der Waals surface area contributed by atoms with E-state index in [-0.39, 0.29) is 11.0 Å². The largest absolute Gasteiger partial charge is 0.325 e. The molecule has 0 spiro atoms. The molecule has 0 unspecified atom stereocenters. The Kier molecular flexibility index (Phi) is 6.82. The molecule has 0 aromatic heterocycles. The molecule has 0 heterocycles. The van der Waals surface area contributed by atoms with Crippen LogP contribution in [-0.2, 0) is 16.0 Å². The van der Waals surface area contributed by atoms with Crippen LogP contribution in [0.5, 0.6) is 0 Å². The third-order valence-corrected chi connectivity index (χ3v) is 4.74. The third-order valence-electron chi connectivity index (χ3n) is 3.73. The van der Waals surface area contributed by atoms with Crippen molar-refractivity contribution in [2.24, 2.45) is 5.41 Å². The Morgan fingerprint density at radius 2 is 1.60 bits per heavy atom. The topological polar surface area (TPSA) is 46.2 Å². The predicted octanol–water partition coefficient (Wildman–Crippen LogP) is 5.31. The van der Waals surface area contributed by atoms with Gasteiger partial charge in [0.05, 0.1) is 5.69 Å². The SMILES string of the molecule is CC(C)(C)C(=O)Nc1ccccc1SC(=O)CCCc1ccccc1. The number of para-hydroxylation sites is 1. The predicted molar refractivity (Wildman–Crippen MR) is 105 cm³/mol. The van der Waals surface area contributed by atoms with Gasteiger partial charge in [-0.2, -0.15) is 0 Å². The van der Waals surface area contributed by atoms with Crippen LogP contribution >= 0.6 is 11.8 Å². The molecule has 0 bridgehead atoms. The van der Waals surface area contributed by atoms with Crippen LogP contribution in [0, 0.1) is 5.41 Å². The number of hydrogen-bond donors (Lipinski definition) is 1. The number of carbonyl (C=O) groups is 2. The van der Waals surface area contributed by atoms with E-state index in [0.29, 0.717) is 12.1 Å². The Morgan fingerprint density at radius 1 is 0.960 bits per heavy atom. The van der Waals surface area contributed by atoms with Gasteiger partial charge in [0.2, 0.25) is 5.91 Å². The van der Waals surface area contributed by atoms with E-state index in [1.165, 1.54) is 17.3 Å². The number of anilines is 1. The zero-order valence-electron chi connectivity index (χ0n) is 15.0. The molecule has 1 amide bonds. The van der Waals surface area contributed by atoms with Crippen molar-refractivity contribution in [3.63, 3.8) is 0 Å². The van der Waals surface area contributed by atoms with E-state index in [0.717, 1.165) is 17.7 Å². The number of amides is 1. The highest BCUT2D eigenvalue weighted by molar-refractivity contribution is 8.13. The number of thioether (sulfide) groups is 1. The highest BCUT2D eigenvalue weighted by Gasteiger charge is 2.22. The van der Waals surface area contributed by atoms with Crippen LogP contribution in [0.1, 0.15) is 39.2 Å². The zero-order chi connectivity index (χ0) is 18.3. The highest BCUT2D eigenvalue weighted by atomic mass is 32.2. The summed E-state index contributed by atoms with van der Waals surface area (Å²) in [6, 6.07) is 17.6. The van der Waals surface area contributed by atoms with Crippen LogP contribution in [-0.4, -0.2) is 11.0 Å². The quantitative estimate of drug-likeness (QED) is 0.714. The molecule has 2 aromatic carbocycles. The molecule has 3 nitrogen and oxygen atoms in total. The molecular weight excluding hydrogens is 330 g/mol. The standard InChI is InChI=1S/C21H25NO2S/c1-21(2,3)20(24)22-17-13-7-8-14-18(17)25-19(23)15-9-12-16-10-5-4-6-11-16/h4-8,10-11,13-14H,9,12,15H2,1-3H3,(H,22,24). The molecule has 2 rings (SSSR count). The lowest BCUT2D eigenvalue weighted by atomic mass is 9.95. The van der Waals surface area contributed by atoms with E-state index in [1.807, 2.05) is 63.2 Å². The minimum Gasteiger partial charge on any atom is -0.325 e. The molecule has 0 aliphatic heterocycles. The van der Waals surface area contributed by atoms with Gasteiger partial charge < -0.3 is 5.32 Å². The van der Waals surface area contributed by atoms with Gasteiger partial charge in [0.15, 0.2) is 5.12 Å². The number of benzene rings is 2. The van der Waals surface area contributed by atoms with E-state index in [9.17, 15) is 9.59 Å². The fraction of sp³-hybridized carbons (Fsp3) is 0.333. The maximum atomic E-state index is 12.3. The summed E-state index contributed by atoms with van der Waals surface area (Å²) in [5.74, 6) is -0.0583. The number of hydrogen-bond acceptors (Lipinski definition) is 3. The molecule has 0 aliphatic carbocycles. The van der Waals surface area contributed by atoms with Crippen molar-refractivity contribution in [2.75, 3.05) is 5.32 Å². The zero-order valence-corrected chi connectivity index (χ0v) is 15.9. The number of rotatable bonds is 6. The average molecular weight is 356 g/mol. The monoisotopic (exact) mass is 355 g/mol. The van der Waals surface area contributed by atoms with Gasteiger partial charge >= 0.3 is 0 Å². The molecule has 25 heavy (non-hydrogen) atoms. The Labute approximate surface area is 154 Å². The first kappa shape index (κ1) is 19.3. The Hall–Kier alpha value is -2.07. The first-order valence-corrected chi connectivity index (χ1v) is 9.33. The van der Waals surface area contributed by atoms with Gasteiger partial charge in [-0.05, 0) is 42.3 Å². The molecule has 2 aromatic rings. The van der Waals surface area contributed by atoms with Crippen LogP contribution in [0.2, 0.25) is 0 Å². The van der Waals surface area contributed by atoms with Crippen LogP contribution < -0.4 is 5.32 Å². The molecule has 1 N–H and O–H groups in total. The van der Waals surface area contributed by atoms with Gasteiger partial charge in [0, 0.05) is 16.7 Å². The first-order valence-electron chi connectivity index (χ1n) is 8.51. The van der Waals surface area contributed by atoms with E-state index in [2.05, 4.69) is 17.4 Å². The summed E-state index contributed by atoms with van der Waals surface area (Å²) in [7, 11) is 0. The summed E-state index contributed by atoms with van der Waals surface area (Å²) in [6.45, 7) is 5.60. The average Bonchev–Trinajstić information content (AvgIpc) is 2.56. The Balaban J connectivity index is 1.91. The fourth-order valence-electron chi connectivity index (χ4n) is 2.22. The summed E-state index contributed by atoms with van der Waals surface area (Å²) in [5.41, 5.74) is 1.47. The molecule has 0 aliphatic rings. The molecule has 0 saturated carbocycles. The molecule has 0 saturated heterocycles. The molecule has 132 valence electrons. The normalized spacial score (nSPS) is 11.2. The minimum absolute atomic E-state index is 0.0583. The molecule has 0 radical (unpaired) electrons. The molecule has 4 heteroatoms. The molecule has 0 atom stereocenters. The van der Waals surface area contributed by atoms with E-state index < -0.39 is 5.41 Å².